The van der Waals surface area contributed by atoms with E-state index in [4.69, 9.17) is 26.8 Å². The minimum atomic E-state index is -0.229. The highest BCUT2D eigenvalue weighted by Gasteiger charge is 2.32. The number of nitrogens with one attached hydrogen (secondary N) is 1. The van der Waals surface area contributed by atoms with Crippen LogP contribution in [0.25, 0.3) is 11.0 Å². The highest BCUT2D eigenvalue weighted by molar-refractivity contribution is 6.33. The molecular weight excluding hydrogens is 494 g/mol. The number of methoxy groups -OCH3 is 1. The zero-order valence-corrected chi connectivity index (χ0v) is 22.1. The molecule has 37 heavy (non-hydrogen) atoms. The first kappa shape index (κ1) is 25.6. The molecule has 198 valence electrons. The molecule has 0 unspecified atom stereocenters. The summed E-state index contributed by atoms with van der Waals surface area (Å²) in [6.07, 6.45) is 2.09. The zero-order chi connectivity index (χ0) is 26.1. The molecule has 3 aromatic rings. The molecule has 1 fully saturated rings. The van der Waals surface area contributed by atoms with E-state index in [1.807, 2.05) is 40.3 Å². The number of likely N-dealkylation sites (tertiary alicyclic amines) is 1. The Kier molecular flexibility index (Phi) is 7.46. The van der Waals surface area contributed by atoms with Crippen LogP contribution >= 0.6 is 11.6 Å². The highest BCUT2D eigenvalue weighted by Crippen LogP contribution is 2.38. The third-order valence-electron chi connectivity index (χ3n) is 7.58. The quantitative estimate of drug-likeness (QED) is 0.437. The number of imidazole rings is 1. The number of carbonyl (C=O) groups excluding carboxylic acids is 1. The van der Waals surface area contributed by atoms with Gasteiger partial charge in [-0.1, -0.05) is 23.7 Å². The van der Waals surface area contributed by atoms with E-state index in [0.29, 0.717) is 54.7 Å². The molecule has 0 bridgehead atoms. The summed E-state index contributed by atoms with van der Waals surface area (Å²) < 4.78 is 15.2. The van der Waals surface area contributed by atoms with Crippen molar-refractivity contribution in [1.29, 1.82) is 0 Å². The number of benzene rings is 2. The number of nitrogen functional groups attached to an aromatic ring is 1. The molecule has 1 aromatic heterocycles. The van der Waals surface area contributed by atoms with E-state index >= 15 is 0 Å². The number of halogens is 1. The van der Waals surface area contributed by atoms with Crippen LogP contribution < -0.4 is 21.5 Å². The van der Waals surface area contributed by atoms with Crippen LogP contribution in [-0.2, 0) is 24.2 Å². The van der Waals surface area contributed by atoms with Crippen molar-refractivity contribution in [2.24, 2.45) is 0 Å². The van der Waals surface area contributed by atoms with Gasteiger partial charge in [0.1, 0.15) is 5.75 Å². The van der Waals surface area contributed by atoms with Crippen LogP contribution in [0.3, 0.4) is 0 Å². The fraction of sp³-hybridized carbons (Fsp3) is 0.481. The maximum Gasteiger partial charge on any atom is 0.329 e. The van der Waals surface area contributed by atoms with Crippen molar-refractivity contribution in [2.75, 3.05) is 39.1 Å². The van der Waals surface area contributed by atoms with Crippen molar-refractivity contribution >= 4 is 34.2 Å². The Morgan fingerprint density at radius 2 is 2.00 bits per heavy atom. The molecule has 3 N–H and O–H groups in total. The van der Waals surface area contributed by atoms with Crippen LogP contribution in [0.2, 0.25) is 5.02 Å². The van der Waals surface area contributed by atoms with Gasteiger partial charge in [-0.15, -0.1) is 0 Å². The van der Waals surface area contributed by atoms with E-state index in [2.05, 4.69) is 10.2 Å². The molecule has 0 spiro atoms. The third-order valence-corrected chi connectivity index (χ3v) is 7.89. The monoisotopic (exact) mass is 527 g/mol. The standard InChI is InChI=1S/C27H34ClN5O4/c1-3-32-21-7-4-5-8-22(21)33(27(32)35)12-6-11-31-13-9-20(23(16-31)36-2)30-26(34)18-15-19(28)24(29)17-10-14-37-25(17)18/h4-5,7-8,15,20,23H,3,6,9-14,16,29H2,1-2H3,(H,30,34)/t20-,23+/m1/s1. The van der Waals surface area contributed by atoms with Crippen LogP contribution in [0.15, 0.2) is 35.1 Å². The summed E-state index contributed by atoms with van der Waals surface area (Å²) in [7, 11) is 1.67. The Morgan fingerprint density at radius 3 is 2.73 bits per heavy atom. The first-order chi connectivity index (χ1) is 17.9. The zero-order valence-electron chi connectivity index (χ0n) is 21.3. The average Bonchev–Trinajstić information content (AvgIpc) is 3.50. The van der Waals surface area contributed by atoms with Gasteiger partial charge in [0.25, 0.3) is 5.91 Å². The number of nitrogens with two attached hydrogens (primary N) is 1. The van der Waals surface area contributed by atoms with Gasteiger partial charge < -0.3 is 25.4 Å². The smallest absolute Gasteiger partial charge is 0.329 e. The molecule has 2 aliphatic rings. The first-order valence-corrected chi connectivity index (χ1v) is 13.3. The molecule has 2 aliphatic heterocycles. The van der Waals surface area contributed by atoms with Crippen molar-refractivity contribution in [3.8, 4) is 5.75 Å². The summed E-state index contributed by atoms with van der Waals surface area (Å²) in [5.41, 5.74) is 9.77. The molecule has 2 aromatic carbocycles. The second-order valence-electron chi connectivity index (χ2n) is 9.69. The van der Waals surface area contributed by atoms with E-state index in [9.17, 15) is 9.59 Å². The molecule has 10 heteroatoms. The number of hydrogen-bond donors (Lipinski definition) is 2. The number of fused-ring (bicyclic) bond motifs is 2. The molecule has 0 saturated carbocycles. The van der Waals surface area contributed by atoms with Gasteiger partial charge in [-0.2, -0.15) is 0 Å². The third kappa shape index (κ3) is 4.83. The number of amides is 1. The van der Waals surface area contributed by atoms with Crippen molar-refractivity contribution in [2.45, 2.75) is 51.4 Å². The maximum atomic E-state index is 13.2. The van der Waals surface area contributed by atoms with Gasteiger partial charge in [-0.25, -0.2) is 4.79 Å². The van der Waals surface area contributed by atoms with Crippen molar-refractivity contribution in [3.63, 3.8) is 0 Å². The minimum Gasteiger partial charge on any atom is -0.492 e. The maximum absolute atomic E-state index is 13.2. The fourth-order valence-electron chi connectivity index (χ4n) is 5.62. The van der Waals surface area contributed by atoms with Crippen LogP contribution in [0.1, 0.15) is 35.7 Å². The Labute approximate surface area is 221 Å². The molecule has 5 rings (SSSR count). The Hall–Kier alpha value is -3.01. The van der Waals surface area contributed by atoms with Gasteiger partial charge >= 0.3 is 5.69 Å². The average molecular weight is 528 g/mol. The largest absolute Gasteiger partial charge is 0.492 e. The number of aromatic nitrogens is 2. The molecule has 1 amide bonds. The summed E-state index contributed by atoms with van der Waals surface area (Å²) >= 11 is 6.29. The second kappa shape index (κ2) is 10.8. The van der Waals surface area contributed by atoms with E-state index < -0.39 is 0 Å². The lowest BCUT2D eigenvalue weighted by Crippen LogP contribution is -2.55. The molecule has 0 aliphatic carbocycles. The van der Waals surface area contributed by atoms with Crippen LogP contribution in [0, 0.1) is 0 Å². The van der Waals surface area contributed by atoms with Gasteiger partial charge in [0.05, 0.1) is 46.1 Å². The minimum absolute atomic E-state index is 0.0399. The lowest BCUT2D eigenvalue weighted by atomic mass is 10.00. The summed E-state index contributed by atoms with van der Waals surface area (Å²) in [5, 5.41) is 3.50. The Bertz CT molecular complexity index is 1370. The van der Waals surface area contributed by atoms with E-state index in [0.717, 1.165) is 42.5 Å². The summed E-state index contributed by atoms with van der Waals surface area (Å²) in [5.74, 6) is 0.303. The second-order valence-corrected chi connectivity index (χ2v) is 10.1. The first-order valence-electron chi connectivity index (χ1n) is 12.9. The van der Waals surface area contributed by atoms with E-state index in [1.54, 1.807) is 13.2 Å². The number of ether oxygens (including phenoxy) is 2. The van der Waals surface area contributed by atoms with Crippen LogP contribution in [-0.4, -0.2) is 65.4 Å². The summed E-state index contributed by atoms with van der Waals surface area (Å²) in [4.78, 5) is 28.4. The molecule has 3 heterocycles. The molecule has 2 atom stereocenters. The van der Waals surface area contributed by atoms with Gasteiger partial charge in [0, 0.05) is 45.3 Å². The predicted molar refractivity (Wildman–Crippen MR) is 145 cm³/mol. The Morgan fingerprint density at radius 1 is 1.24 bits per heavy atom. The van der Waals surface area contributed by atoms with E-state index in [-0.39, 0.29) is 23.7 Å². The van der Waals surface area contributed by atoms with Gasteiger partial charge in [-0.3, -0.25) is 13.9 Å². The lowest BCUT2D eigenvalue weighted by Gasteiger charge is -2.38. The van der Waals surface area contributed by atoms with Gasteiger partial charge in [0.2, 0.25) is 0 Å². The number of aryl methyl sites for hydroxylation is 2. The molecule has 0 radical (unpaired) electrons. The number of hydrogen-bond acceptors (Lipinski definition) is 6. The topological polar surface area (TPSA) is 104 Å². The lowest BCUT2D eigenvalue weighted by molar-refractivity contribution is 0.00585. The predicted octanol–water partition coefficient (Wildman–Crippen LogP) is 2.90. The molecule has 9 nitrogen and oxygen atoms in total. The number of piperidine rings is 1. The molecule has 1 saturated heterocycles. The van der Waals surface area contributed by atoms with E-state index in [1.165, 1.54) is 0 Å². The van der Waals surface area contributed by atoms with Crippen molar-refractivity contribution < 1.29 is 14.3 Å². The van der Waals surface area contributed by atoms with Gasteiger partial charge in [0.15, 0.2) is 0 Å². The number of para-hydroxylation sites is 2. The molecular formula is C27H34ClN5O4. The fourth-order valence-corrected chi connectivity index (χ4v) is 5.84. The number of nitrogens with zero attached hydrogens (tertiary/aromatic N) is 3. The van der Waals surface area contributed by atoms with Crippen molar-refractivity contribution in [3.05, 3.63) is 57.0 Å². The SMILES string of the molecule is CCn1c(=O)n(CCCN2CC[C@@H](NC(=O)c3cc(Cl)c(N)c4c3OCC4)[C@@H](OC)C2)c2ccccc21. The normalized spacial score (nSPS) is 19.6. The van der Waals surface area contributed by atoms with Crippen molar-refractivity contribution in [1.82, 2.24) is 19.4 Å². The summed E-state index contributed by atoms with van der Waals surface area (Å²) in [6, 6.07) is 9.40. The van der Waals surface area contributed by atoms with Crippen LogP contribution in [0.4, 0.5) is 5.69 Å². The van der Waals surface area contributed by atoms with Gasteiger partial charge in [-0.05, 0) is 44.5 Å². The summed E-state index contributed by atoms with van der Waals surface area (Å²) in [6.45, 7) is 6.16. The number of carbonyl (C=O) groups is 1. The number of anilines is 1. The highest BCUT2D eigenvalue weighted by atomic mass is 35.5. The number of rotatable bonds is 8. The van der Waals surface area contributed by atoms with Crippen LogP contribution in [0.5, 0.6) is 5.75 Å². The Balaban J connectivity index is 1.20.